The fourth-order valence-electron chi connectivity index (χ4n) is 3.09. The molecule has 1 aliphatic rings. The first-order valence-corrected chi connectivity index (χ1v) is 8.92. The van der Waals surface area contributed by atoms with E-state index in [4.69, 9.17) is 5.73 Å². The summed E-state index contributed by atoms with van der Waals surface area (Å²) in [6.45, 7) is 0. The summed E-state index contributed by atoms with van der Waals surface area (Å²) >= 11 is 1.55. The van der Waals surface area contributed by atoms with Gasteiger partial charge in [-0.15, -0.1) is 11.8 Å². The number of ketones is 1. The molecule has 24 heavy (non-hydrogen) atoms. The monoisotopic (exact) mass is 331 g/mol. The molecule has 3 aromatic rings. The number of thioether (sulfide) groups is 1. The maximum absolute atomic E-state index is 12.6. The standard InChI is InChI=1S/C21H17NOS/c22-17-7-9-18(10-8-17)24-13-21(23)16-6-5-15-11-14-3-1-2-4-19(14)20(15)12-16/h1-10,12H,11,13,22H2. The van der Waals surface area contributed by atoms with Gasteiger partial charge in [-0.05, 0) is 59.0 Å². The highest BCUT2D eigenvalue weighted by Crippen LogP contribution is 2.37. The summed E-state index contributed by atoms with van der Waals surface area (Å²) in [5, 5.41) is 0. The molecule has 0 saturated carbocycles. The molecule has 0 aliphatic heterocycles. The van der Waals surface area contributed by atoms with Crippen molar-refractivity contribution in [3.63, 3.8) is 0 Å². The van der Waals surface area contributed by atoms with Crippen LogP contribution in [0.25, 0.3) is 11.1 Å². The number of nitrogens with two attached hydrogens (primary N) is 1. The summed E-state index contributed by atoms with van der Waals surface area (Å²) in [5.74, 6) is 0.591. The van der Waals surface area contributed by atoms with E-state index in [1.807, 2.05) is 36.4 Å². The molecule has 0 unspecified atom stereocenters. The molecule has 0 fully saturated rings. The zero-order valence-electron chi connectivity index (χ0n) is 13.2. The van der Waals surface area contributed by atoms with Crippen molar-refractivity contribution in [1.29, 1.82) is 0 Å². The van der Waals surface area contributed by atoms with Crippen molar-refractivity contribution in [3.05, 3.63) is 83.4 Å². The van der Waals surface area contributed by atoms with Gasteiger partial charge in [-0.3, -0.25) is 4.79 Å². The van der Waals surface area contributed by atoms with E-state index in [0.29, 0.717) is 5.75 Å². The van der Waals surface area contributed by atoms with Gasteiger partial charge in [0.2, 0.25) is 0 Å². The van der Waals surface area contributed by atoms with Crippen LogP contribution in [0.3, 0.4) is 0 Å². The summed E-state index contributed by atoms with van der Waals surface area (Å²) < 4.78 is 0. The first-order valence-electron chi connectivity index (χ1n) is 7.93. The Labute approximate surface area is 145 Å². The second-order valence-electron chi connectivity index (χ2n) is 5.99. The van der Waals surface area contributed by atoms with Gasteiger partial charge in [0.05, 0.1) is 5.75 Å². The lowest BCUT2D eigenvalue weighted by molar-refractivity contribution is 0.102. The number of hydrogen-bond donors (Lipinski definition) is 1. The van der Waals surface area contributed by atoms with Crippen molar-refractivity contribution >= 4 is 23.2 Å². The van der Waals surface area contributed by atoms with Gasteiger partial charge in [-0.2, -0.15) is 0 Å². The van der Waals surface area contributed by atoms with E-state index in [0.717, 1.165) is 22.6 Å². The van der Waals surface area contributed by atoms with Crippen molar-refractivity contribution in [3.8, 4) is 11.1 Å². The van der Waals surface area contributed by atoms with Gasteiger partial charge >= 0.3 is 0 Å². The molecular weight excluding hydrogens is 314 g/mol. The molecule has 0 bridgehead atoms. The van der Waals surface area contributed by atoms with Gasteiger partial charge < -0.3 is 5.73 Å². The van der Waals surface area contributed by atoms with Crippen LogP contribution in [0.2, 0.25) is 0 Å². The fraction of sp³-hybridized carbons (Fsp3) is 0.0952. The quantitative estimate of drug-likeness (QED) is 0.331. The van der Waals surface area contributed by atoms with Gasteiger partial charge in [0.15, 0.2) is 5.78 Å². The second kappa shape index (κ2) is 6.17. The Bertz CT molecular complexity index is 915. The molecule has 0 saturated heterocycles. The maximum Gasteiger partial charge on any atom is 0.173 e. The van der Waals surface area contributed by atoms with Crippen molar-refractivity contribution in [2.75, 3.05) is 11.5 Å². The van der Waals surface area contributed by atoms with E-state index < -0.39 is 0 Å². The number of fused-ring (bicyclic) bond motifs is 3. The Morgan fingerprint density at radius 1 is 0.917 bits per heavy atom. The highest BCUT2D eigenvalue weighted by Gasteiger charge is 2.19. The molecule has 0 amide bonds. The zero-order chi connectivity index (χ0) is 16.5. The van der Waals surface area contributed by atoms with Gasteiger partial charge in [0.1, 0.15) is 0 Å². The van der Waals surface area contributed by atoms with Crippen molar-refractivity contribution in [2.45, 2.75) is 11.3 Å². The summed E-state index contributed by atoms with van der Waals surface area (Å²) in [7, 11) is 0. The summed E-state index contributed by atoms with van der Waals surface area (Å²) in [4.78, 5) is 13.6. The van der Waals surface area contributed by atoms with E-state index in [9.17, 15) is 4.79 Å². The third kappa shape index (κ3) is 2.83. The molecule has 0 heterocycles. The predicted octanol–water partition coefficient (Wildman–Crippen LogP) is 4.82. The molecule has 0 spiro atoms. The third-order valence-electron chi connectivity index (χ3n) is 4.37. The Morgan fingerprint density at radius 2 is 1.67 bits per heavy atom. The summed E-state index contributed by atoms with van der Waals surface area (Å²) in [6, 6.07) is 22.1. The van der Waals surface area contributed by atoms with Crippen LogP contribution in [0, 0.1) is 0 Å². The highest BCUT2D eigenvalue weighted by atomic mass is 32.2. The van der Waals surface area contributed by atoms with Crippen LogP contribution >= 0.6 is 11.8 Å². The number of anilines is 1. The molecule has 0 radical (unpaired) electrons. The molecule has 3 heteroatoms. The maximum atomic E-state index is 12.6. The van der Waals surface area contributed by atoms with Gasteiger partial charge in [0.25, 0.3) is 0 Å². The van der Waals surface area contributed by atoms with Crippen LogP contribution in [0.5, 0.6) is 0 Å². The minimum atomic E-state index is 0.156. The van der Waals surface area contributed by atoms with Crippen molar-refractivity contribution in [1.82, 2.24) is 0 Å². The first-order chi connectivity index (χ1) is 11.7. The lowest BCUT2D eigenvalue weighted by Gasteiger charge is -2.06. The normalized spacial score (nSPS) is 11.8. The molecule has 2 N–H and O–H groups in total. The van der Waals surface area contributed by atoms with Crippen LogP contribution in [-0.2, 0) is 6.42 Å². The highest BCUT2D eigenvalue weighted by molar-refractivity contribution is 8.00. The lowest BCUT2D eigenvalue weighted by Crippen LogP contribution is -2.02. The number of benzene rings is 3. The minimum Gasteiger partial charge on any atom is -0.399 e. The number of Topliss-reactive ketones (excluding diaryl/α,β-unsaturated/α-hetero) is 1. The number of carbonyl (C=O) groups excluding carboxylic acids is 1. The smallest absolute Gasteiger partial charge is 0.173 e. The second-order valence-corrected chi connectivity index (χ2v) is 7.04. The Balaban J connectivity index is 1.53. The Morgan fingerprint density at radius 3 is 2.50 bits per heavy atom. The van der Waals surface area contributed by atoms with Gasteiger partial charge in [0, 0.05) is 16.1 Å². The number of hydrogen-bond acceptors (Lipinski definition) is 3. The number of rotatable bonds is 4. The Hall–Kier alpha value is -2.52. The summed E-state index contributed by atoms with van der Waals surface area (Å²) in [6.07, 6.45) is 0.958. The van der Waals surface area contributed by atoms with Crippen LogP contribution < -0.4 is 5.73 Å². The van der Waals surface area contributed by atoms with E-state index in [2.05, 4.69) is 30.3 Å². The molecule has 3 aromatic carbocycles. The SMILES string of the molecule is Nc1ccc(SCC(=O)c2ccc3c(c2)-c2ccccc2C3)cc1. The molecule has 1 aliphatic carbocycles. The number of carbonyl (C=O) groups is 1. The van der Waals surface area contributed by atoms with E-state index in [1.165, 1.54) is 22.3 Å². The largest absolute Gasteiger partial charge is 0.399 e. The lowest BCUT2D eigenvalue weighted by atomic mass is 10.0. The minimum absolute atomic E-state index is 0.156. The van der Waals surface area contributed by atoms with Crippen molar-refractivity contribution < 1.29 is 4.79 Å². The van der Waals surface area contributed by atoms with Crippen LogP contribution in [0.15, 0.2) is 71.6 Å². The first kappa shape index (κ1) is 15.0. The molecule has 0 atom stereocenters. The van der Waals surface area contributed by atoms with Crippen molar-refractivity contribution in [2.24, 2.45) is 0 Å². The van der Waals surface area contributed by atoms with E-state index >= 15 is 0 Å². The van der Waals surface area contributed by atoms with Gasteiger partial charge in [-0.25, -0.2) is 0 Å². The van der Waals surface area contributed by atoms with E-state index in [1.54, 1.807) is 11.8 Å². The average Bonchev–Trinajstić information content (AvgIpc) is 2.99. The topological polar surface area (TPSA) is 43.1 Å². The average molecular weight is 331 g/mol. The van der Waals surface area contributed by atoms with Gasteiger partial charge in [-0.1, -0.05) is 36.4 Å². The molecular formula is C21H17NOS. The summed E-state index contributed by atoms with van der Waals surface area (Å²) in [5.41, 5.74) is 12.3. The zero-order valence-corrected chi connectivity index (χ0v) is 14.0. The van der Waals surface area contributed by atoms with Crippen LogP contribution in [0.4, 0.5) is 5.69 Å². The molecule has 4 rings (SSSR count). The molecule has 0 aromatic heterocycles. The molecule has 2 nitrogen and oxygen atoms in total. The van der Waals surface area contributed by atoms with E-state index in [-0.39, 0.29) is 5.78 Å². The Kier molecular flexibility index (Phi) is 3.87. The molecule has 118 valence electrons. The number of nitrogen functional groups attached to an aromatic ring is 1. The van der Waals surface area contributed by atoms with Crippen LogP contribution in [-0.4, -0.2) is 11.5 Å². The third-order valence-corrected chi connectivity index (χ3v) is 5.38. The predicted molar refractivity (Wildman–Crippen MR) is 101 cm³/mol. The fourth-order valence-corrected chi connectivity index (χ4v) is 3.89. The van der Waals surface area contributed by atoms with Crippen LogP contribution in [0.1, 0.15) is 21.5 Å².